The quantitative estimate of drug-likeness (QED) is 0.201. The van der Waals surface area contributed by atoms with Gasteiger partial charge in [0, 0.05) is 0 Å². The molecule has 6 aromatic rings. The molecule has 0 nitrogen and oxygen atoms in total. The Morgan fingerprint density at radius 1 is 0.325 bits per heavy atom. The highest BCUT2D eigenvalue weighted by Gasteiger charge is 2.27. The molecule has 0 saturated heterocycles. The molecule has 0 bridgehead atoms. The van der Waals surface area contributed by atoms with E-state index in [4.69, 9.17) is 0 Å². The van der Waals surface area contributed by atoms with Gasteiger partial charge in [-0.25, -0.2) is 0 Å². The first kappa shape index (κ1) is 26.2. The summed E-state index contributed by atoms with van der Waals surface area (Å²) in [5.74, 6) is 0. The van der Waals surface area contributed by atoms with E-state index in [1.54, 1.807) is 0 Å². The van der Waals surface area contributed by atoms with Crippen LogP contribution in [0.25, 0.3) is 10.8 Å². The van der Waals surface area contributed by atoms with E-state index in [9.17, 15) is 0 Å². The molecule has 6 rings (SSSR count). The van der Waals surface area contributed by atoms with Crippen LogP contribution in [-0.4, -0.2) is 17.6 Å². The van der Waals surface area contributed by atoms with Crippen molar-refractivity contribution in [2.24, 2.45) is 0 Å². The predicted molar refractivity (Wildman–Crippen MR) is 178 cm³/mol. The van der Waals surface area contributed by atoms with Crippen molar-refractivity contribution in [3.8, 4) is 0 Å². The fourth-order valence-electron chi connectivity index (χ4n) is 5.59. The minimum atomic E-state index is -1.25. The normalized spacial score (nSPS) is 11.4. The lowest BCUT2D eigenvalue weighted by Gasteiger charge is -2.24. The minimum absolute atomic E-state index is 1.25. The monoisotopic (exact) mass is 546 g/mol. The van der Waals surface area contributed by atoms with Crippen molar-refractivity contribution in [2.45, 2.75) is 27.7 Å². The van der Waals surface area contributed by atoms with E-state index in [1.807, 2.05) is 0 Å². The van der Waals surface area contributed by atoms with Crippen LogP contribution in [0, 0.1) is 27.7 Å². The molecule has 0 aliphatic rings. The van der Waals surface area contributed by atoms with Crippen molar-refractivity contribution in [3.05, 3.63) is 156 Å². The van der Waals surface area contributed by atoms with Crippen LogP contribution in [-0.2, 0) is 0 Å². The maximum absolute atomic E-state index is 2.41. The second-order valence-corrected chi connectivity index (χ2v) is 15.8. The van der Waals surface area contributed by atoms with Crippen LogP contribution in [0.2, 0.25) is 0 Å². The number of hydrogen-bond acceptors (Lipinski definition) is 0. The van der Waals surface area contributed by atoms with Gasteiger partial charge < -0.3 is 0 Å². The maximum Gasteiger partial charge on any atom is 0.155 e. The van der Waals surface area contributed by atoms with Gasteiger partial charge in [0.05, 0.1) is 0 Å². The molecular formula is C38H34Si2. The second kappa shape index (κ2) is 11.2. The number of rotatable bonds is 6. The summed E-state index contributed by atoms with van der Waals surface area (Å²) in [6, 6.07) is 51.0. The molecular weight excluding hydrogens is 513 g/mol. The summed E-state index contributed by atoms with van der Waals surface area (Å²) in [7, 11) is -2.50. The van der Waals surface area contributed by atoms with Crippen molar-refractivity contribution < 1.29 is 0 Å². The first-order valence-corrected chi connectivity index (χ1v) is 17.0. The van der Waals surface area contributed by atoms with Gasteiger partial charge in [-0.2, -0.15) is 0 Å². The Balaban J connectivity index is 1.65. The summed E-state index contributed by atoms with van der Waals surface area (Å²) in [6.07, 6.45) is 0. The molecule has 0 spiro atoms. The van der Waals surface area contributed by atoms with Crippen molar-refractivity contribution in [1.29, 1.82) is 0 Å². The van der Waals surface area contributed by atoms with E-state index >= 15 is 0 Å². The van der Waals surface area contributed by atoms with Crippen LogP contribution >= 0.6 is 0 Å². The highest BCUT2D eigenvalue weighted by molar-refractivity contribution is 7.00. The summed E-state index contributed by atoms with van der Waals surface area (Å²) in [6.45, 7) is 8.71. The van der Waals surface area contributed by atoms with Gasteiger partial charge in [0.25, 0.3) is 0 Å². The molecule has 0 fully saturated rings. The molecule has 0 amide bonds. The smallest absolute Gasteiger partial charge is 0.0622 e. The molecule has 2 radical (unpaired) electrons. The van der Waals surface area contributed by atoms with Gasteiger partial charge in [-0.15, -0.1) is 0 Å². The molecule has 40 heavy (non-hydrogen) atoms. The average Bonchev–Trinajstić information content (AvgIpc) is 2.97. The predicted octanol–water partition coefficient (Wildman–Crippen LogP) is 5.11. The Labute approximate surface area is 242 Å². The average molecular weight is 547 g/mol. The fraction of sp³-hybridized carbons (Fsp3) is 0.105. The van der Waals surface area contributed by atoms with Gasteiger partial charge in [-0.1, -0.05) is 176 Å². The van der Waals surface area contributed by atoms with Gasteiger partial charge >= 0.3 is 0 Å². The van der Waals surface area contributed by atoms with Gasteiger partial charge in [-0.3, -0.25) is 0 Å². The van der Waals surface area contributed by atoms with Crippen LogP contribution in [0.1, 0.15) is 22.3 Å². The minimum Gasteiger partial charge on any atom is -0.0622 e. The Bertz CT molecular complexity index is 1530. The zero-order valence-electron chi connectivity index (χ0n) is 23.7. The lowest BCUT2D eigenvalue weighted by molar-refractivity contribution is 1.48. The maximum atomic E-state index is 2.41. The Morgan fingerprint density at radius 2 is 0.600 bits per heavy atom. The molecule has 0 aromatic heterocycles. The molecule has 0 heterocycles. The van der Waals surface area contributed by atoms with Crippen molar-refractivity contribution in [2.75, 3.05) is 0 Å². The van der Waals surface area contributed by atoms with Crippen LogP contribution < -0.4 is 31.1 Å². The molecule has 194 valence electrons. The van der Waals surface area contributed by atoms with E-state index in [1.165, 1.54) is 64.1 Å². The van der Waals surface area contributed by atoms with Crippen LogP contribution in [0.5, 0.6) is 0 Å². The standard InChI is InChI=1S/C38H34Si2/c1-27-11-19-32(20-12-27)39(33-21-13-28(2)14-22-33)36-9-5-7-31-8-6-10-37(38(31)36)40(34-23-15-29(3)16-24-34)35-25-17-30(4)18-26-35/h5-26H,1-4H3. The third-order valence-corrected chi connectivity index (χ3v) is 13.4. The first-order valence-electron chi connectivity index (χ1n) is 14.0. The molecule has 0 saturated carbocycles. The lowest BCUT2D eigenvalue weighted by atomic mass is 10.1. The highest BCUT2D eigenvalue weighted by atomic mass is 28.3. The van der Waals surface area contributed by atoms with E-state index in [-0.39, 0.29) is 0 Å². The van der Waals surface area contributed by atoms with E-state index < -0.39 is 17.6 Å². The number of aryl methyl sites for hydroxylation is 4. The molecule has 0 unspecified atom stereocenters. The van der Waals surface area contributed by atoms with Gasteiger partial charge in [0.1, 0.15) is 0 Å². The molecule has 0 atom stereocenters. The van der Waals surface area contributed by atoms with Crippen molar-refractivity contribution >= 4 is 59.5 Å². The van der Waals surface area contributed by atoms with Gasteiger partial charge in [0.2, 0.25) is 0 Å². The molecule has 6 aromatic carbocycles. The van der Waals surface area contributed by atoms with Crippen LogP contribution in [0.15, 0.2) is 133 Å². The number of hydrogen-bond donors (Lipinski definition) is 0. The fourth-order valence-corrected chi connectivity index (χ4v) is 11.2. The SMILES string of the molecule is Cc1ccc([Si](c2ccc(C)cc2)c2cccc3cccc([Si](c4ccc(C)cc4)c4ccc(C)cc4)c23)cc1. The lowest BCUT2D eigenvalue weighted by Crippen LogP contribution is -2.56. The Kier molecular flexibility index (Phi) is 7.38. The van der Waals surface area contributed by atoms with Gasteiger partial charge in [-0.05, 0) is 48.8 Å². The largest absolute Gasteiger partial charge is 0.155 e. The van der Waals surface area contributed by atoms with E-state index in [2.05, 4.69) is 161 Å². The molecule has 0 aliphatic heterocycles. The second-order valence-electron chi connectivity index (χ2n) is 10.9. The van der Waals surface area contributed by atoms with E-state index in [0.29, 0.717) is 0 Å². The van der Waals surface area contributed by atoms with Crippen molar-refractivity contribution in [3.63, 3.8) is 0 Å². The van der Waals surface area contributed by atoms with Crippen LogP contribution in [0.3, 0.4) is 0 Å². The summed E-state index contributed by atoms with van der Waals surface area (Å²) >= 11 is 0. The summed E-state index contributed by atoms with van der Waals surface area (Å²) in [4.78, 5) is 0. The number of fused-ring (bicyclic) bond motifs is 1. The topological polar surface area (TPSA) is 0 Å². The van der Waals surface area contributed by atoms with E-state index in [0.717, 1.165) is 0 Å². The zero-order valence-corrected chi connectivity index (χ0v) is 25.7. The zero-order chi connectivity index (χ0) is 27.6. The Hall–Kier alpha value is -3.99. The third-order valence-electron chi connectivity index (χ3n) is 7.80. The summed E-state index contributed by atoms with van der Waals surface area (Å²) < 4.78 is 0. The molecule has 0 N–H and O–H groups in total. The Morgan fingerprint density at radius 3 is 0.875 bits per heavy atom. The molecule has 0 aliphatic carbocycles. The highest BCUT2D eigenvalue weighted by Crippen LogP contribution is 2.14. The molecule has 2 heteroatoms. The van der Waals surface area contributed by atoms with Crippen molar-refractivity contribution in [1.82, 2.24) is 0 Å². The van der Waals surface area contributed by atoms with Crippen LogP contribution in [0.4, 0.5) is 0 Å². The third kappa shape index (κ3) is 5.25. The van der Waals surface area contributed by atoms with Gasteiger partial charge in [0.15, 0.2) is 17.6 Å². The summed E-state index contributed by atoms with van der Waals surface area (Å²) in [5.41, 5.74) is 5.21. The first-order chi connectivity index (χ1) is 19.5. The summed E-state index contributed by atoms with van der Waals surface area (Å²) in [5, 5.41) is 11.5. The number of benzene rings is 6.